The first-order valence-corrected chi connectivity index (χ1v) is 7.07. The first-order chi connectivity index (χ1) is 10.7. The van der Waals surface area contributed by atoms with Gasteiger partial charge in [-0.15, -0.1) is 0 Å². The Labute approximate surface area is 129 Å². The van der Waals surface area contributed by atoms with Crippen LogP contribution in [0, 0.1) is 6.92 Å². The molecule has 6 nitrogen and oxygen atoms in total. The van der Waals surface area contributed by atoms with Crippen molar-refractivity contribution >= 4 is 11.7 Å². The predicted octanol–water partition coefficient (Wildman–Crippen LogP) is 1.77. The Bertz CT molecular complexity index is 597. The van der Waals surface area contributed by atoms with Crippen LogP contribution in [0.5, 0.6) is 0 Å². The van der Waals surface area contributed by atoms with Crippen LogP contribution in [-0.4, -0.2) is 36.1 Å². The van der Waals surface area contributed by atoms with E-state index in [4.69, 9.17) is 4.74 Å². The van der Waals surface area contributed by atoms with Crippen LogP contribution in [0.2, 0.25) is 0 Å². The van der Waals surface area contributed by atoms with E-state index >= 15 is 0 Å². The molecule has 0 radical (unpaired) electrons. The number of hydrogen-bond donors (Lipinski definition) is 2. The van der Waals surface area contributed by atoms with Gasteiger partial charge in [-0.25, -0.2) is 9.97 Å². The van der Waals surface area contributed by atoms with E-state index in [0.717, 1.165) is 5.56 Å². The molecule has 6 heteroatoms. The number of ether oxygens (including phenoxy) is 1. The smallest absolute Gasteiger partial charge is 0.271 e. The third kappa shape index (κ3) is 4.82. The highest BCUT2D eigenvalue weighted by Crippen LogP contribution is 2.04. The molecule has 0 atom stereocenters. The summed E-state index contributed by atoms with van der Waals surface area (Å²) in [5, 5.41) is 5.87. The number of amides is 1. The second-order valence-electron chi connectivity index (χ2n) is 4.87. The Hall–Kier alpha value is -2.47. The minimum Gasteiger partial charge on any atom is -0.383 e. The fraction of sp³-hybridized carbons (Fsp3) is 0.312. The van der Waals surface area contributed by atoms with Crippen LogP contribution < -0.4 is 10.6 Å². The van der Waals surface area contributed by atoms with Gasteiger partial charge in [0, 0.05) is 20.2 Å². The van der Waals surface area contributed by atoms with E-state index in [1.54, 1.807) is 7.11 Å². The number of nitrogens with one attached hydrogen (secondary N) is 2. The van der Waals surface area contributed by atoms with Crippen LogP contribution in [0.25, 0.3) is 0 Å². The summed E-state index contributed by atoms with van der Waals surface area (Å²) < 4.78 is 4.93. The summed E-state index contributed by atoms with van der Waals surface area (Å²) in [4.78, 5) is 20.3. The molecule has 2 rings (SSSR count). The van der Waals surface area contributed by atoms with Crippen LogP contribution in [0.1, 0.15) is 21.6 Å². The van der Waals surface area contributed by atoms with Crippen molar-refractivity contribution in [3.8, 4) is 0 Å². The van der Waals surface area contributed by atoms with Crippen molar-refractivity contribution in [1.82, 2.24) is 15.3 Å². The van der Waals surface area contributed by atoms with Gasteiger partial charge in [0.05, 0.1) is 19.0 Å². The maximum absolute atomic E-state index is 12.0. The minimum absolute atomic E-state index is 0.239. The van der Waals surface area contributed by atoms with Gasteiger partial charge in [0.1, 0.15) is 11.5 Å². The number of anilines is 1. The number of hydrogen-bond acceptors (Lipinski definition) is 5. The molecule has 0 aliphatic rings. The topological polar surface area (TPSA) is 76.1 Å². The van der Waals surface area contributed by atoms with Crippen LogP contribution >= 0.6 is 0 Å². The van der Waals surface area contributed by atoms with E-state index in [1.165, 1.54) is 18.0 Å². The molecule has 1 amide bonds. The lowest BCUT2D eigenvalue weighted by Gasteiger charge is -2.07. The van der Waals surface area contributed by atoms with Crippen molar-refractivity contribution in [2.45, 2.75) is 13.5 Å². The number of carbonyl (C=O) groups is 1. The van der Waals surface area contributed by atoms with E-state index in [-0.39, 0.29) is 5.91 Å². The van der Waals surface area contributed by atoms with Crippen molar-refractivity contribution in [2.24, 2.45) is 0 Å². The molecular formula is C16H20N4O2. The first-order valence-electron chi connectivity index (χ1n) is 7.07. The molecular weight excluding hydrogens is 280 g/mol. The Kier molecular flexibility index (Phi) is 5.85. The number of aromatic nitrogens is 2. The van der Waals surface area contributed by atoms with Gasteiger partial charge < -0.3 is 15.4 Å². The summed E-state index contributed by atoms with van der Waals surface area (Å²) in [5.74, 6) is 0.378. The van der Waals surface area contributed by atoms with Crippen LogP contribution in [0.3, 0.4) is 0 Å². The third-order valence-electron chi connectivity index (χ3n) is 3.07. The lowest BCUT2D eigenvalue weighted by atomic mass is 10.1. The third-order valence-corrected chi connectivity index (χ3v) is 3.07. The molecule has 1 aromatic carbocycles. The van der Waals surface area contributed by atoms with Crippen molar-refractivity contribution in [1.29, 1.82) is 0 Å². The van der Waals surface area contributed by atoms with Crippen LogP contribution in [-0.2, 0) is 11.3 Å². The number of benzene rings is 1. The number of aryl methyl sites for hydroxylation is 1. The molecule has 0 unspecified atom stereocenters. The molecule has 116 valence electrons. The van der Waals surface area contributed by atoms with Gasteiger partial charge in [0.25, 0.3) is 5.91 Å². The summed E-state index contributed by atoms with van der Waals surface area (Å²) in [6, 6.07) is 8.01. The summed E-state index contributed by atoms with van der Waals surface area (Å²) in [6.45, 7) is 3.72. The summed E-state index contributed by atoms with van der Waals surface area (Å²) in [7, 11) is 1.63. The average molecular weight is 300 g/mol. The maximum atomic E-state index is 12.0. The molecule has 2 N–H and O–H groups in total. The van der Waals surface area contributed by atoms with Crippen LogP contribution in [0.4, 0.5) is 5.82 Å². The quantitative estimate of drug-likeness (QED) is 0.762. The molecule has 0 bridgehead atoms. The number of rotatable bonds is 7. The van der Waals surface area contributed by atoms with E-state index < -0.39 is 0 Å². The molecule has 1 aromatic heterocycles. The van der Waals surface area contributed by atoms with Crippen molar-refractivity contribution in [3.63, 3.8) is 0 Å². The number of methoxy groups -OCH3 is 1. The summed E-state index contributed by atoms with van der Waals surface area (Å²) in [5.41, 5.74) is 2.53. The molecule has 2 aromatic rings. The molecule has 0 aliphatic heterocycles. The van der Waals surface area contributed by atoms with Crippen molar-refractivity contribution in [2.75, 3.05) is 25.6 Å². The van der Waals surface area contributed by atoms with Crippen molar-refractivity contribution in [3.05, 3.63) is 53.5 Å². The Morgan fingerprint density at radius 1 is 1.18 bits per heavy atom. The zero-order chi connectivity index (χ0) is 15.8. The van der Waals surface area contributed by atoms with Gasteiger partial charge in [-0.05, 0) is 12.5 Å². The molecule has 0 saturated heterocycles. The number of nitrogens with zero attached hydrogens (tertiary/aromatic N) is 2. The molecule has 22 heavy (non-hydrogen) atoms. The highest BCUT2D eigenvalue weighted by atomic mass is 16.5. The summed E-state index contributed by atoms with van der Waals surface area (Å²) in [6.07, 6.45) is 3.00. The van der Waals surface area contributed by atoms with E-state index in [2.05, 4.69) is 20.6 Å². The van der Waals surface area contributed by atoms with Gasteiger partial charge in [0.2, 0.25) is 0 Å². The number of carbonyl (C=O) groups excluding carboxylic acids is 1. The lowest BCUT2D eigenvalue weighted by molar-refractivity contribution is 0.0945. The van der Waals surface area contributed by atoms with Crippen molar-refractivity contribution < 1.29 is 9.53 Å². The summed E-state index contributed by atoms with van der Waals surface area (Å²) >= 11 is 0. The van der Waals surface area contributed by atoms with Gasteiger partial charge >= 0.3 is 0 Å². The fourth-order valence-electron chi connectivity index (χ4n) is 1.80. The average Bonchev–Trinajstić information content (AvgIpc) is 2.55. The molecule has 0 saturated carbocycles. The minimum atomic E-state index is -0.239. The second-order valence-corrected chi connectivity index (χ2v) is 4.87. The molecule has 0 fully saturated rings. The van der Waals surface area contributed by atoms with Gasteiger partial charge in [-0.1, -0.05) is 29.8 Å². The Balaban J connectivity index is 1.85. The van der Waals surface area contributed by atoms with Gasteiger partial charge in [-0.3, -0.25) is 4.79 Å². The molecule has 0 spiro atoms. The van der Waals surface area contributed by atoms with Gasteiger partial charge in [0.15, 0.2) is 0 Å². The second kappa shape index (κ2) is 8.09. The standard InChI is InChI=1S/C16H20N4O2/c1-12-3-5-13(6-4-12)9-20-16(21)14-10-19-15(11-18-14)17-7-8-22-2/h3-6,10-11H,7-9H2,1-2H3,(H,17,19)(H,20,21). The first kappa shape index (κ1) is 15.9. The largest absolute Gasteiger partial charge is 0.383 e. The van der Waals surface area contributed by atoms with E-state index in [9.17, 15) is 4.79 Å². The van der Waals surface area contributed by atoms with E-state index in [1.807, 2.05) is 31.2 Å². The fourth-order valence-corrected chi connectivity index (χ4v) is 1.80. The molecule has 0 aliphatic carbocycles. The predicted molar refractivity (Wildman–Crippen MR) is 84.7 cm³/mol. The zero-order valence-corrected chi connectivity index (χ0v) is 12.8. The maximum Gasteiger partial charge on any atom is 0.271 e. The zero-order valence-electron chi connectivity index (χ0n) is 12.8. The van der Waals surface area contributed by atoms with Gasteiger partial charge in [-0.2, -0.15) is 0 Å². The normalized spacial score (nSPS) is 10.3. The lowest BCUT2D eigenvalue weighted by Crippen LogP contribution is -2.24. The Morgan fingerprint density at radius 2 is 1.95 bits per heavy atom. The Morgan fingerprint density at radius 3 is 2.59 bits per heavy atom. The molecule has 1 heterocycles. The highest BCUT2D eigenvalue weighted by Gasteiger charge is 2.07. The monoisotopic (exact) mass is 300 g/mol. The SMILES string of the molecule is COCCNc1cnc(C(=O)NCc2ccc(C)cc2)cn1. The highest BCUT2D eigenvalue weighted by molar-refractivity contribution is 5.91. The van der Waals surface area contributed by atoms with Crippen LogP contribution in [0.15, 0.2) is 36.7 Å². The van der Waals surface area contributed by atoms with E-state index in [0.29, 0.717) is 31.2 Å².